The molecule has 7 nitrogen and oxygen atoms in total. The summed E-state index contributed by atoms with van der Waals surface area (Å²) < 4.78 is 39.7. The van der Waals surface area contributed by atoms with E-state index in [4.69, 9.17) is 9.47 Å². The van der Waals surface area contributed by atoms with Crippen LogP contribution in [0, 0.1) is 6.92 Å². The topological polar surface area (TPSA) is 77.8 Å². The molecule has 1 saturated heterocycles. The van der Waals surface area contributed by atoms with Crippen molar-refractivity contribution >= 4 is 10.0 Å². The van der Waals surface area contributed by atoms with Crippen LogP contribution in [0.25, 0.3) is 11.1 Å². The average Bonchev–Trinajstić information content (AvgIpc) is 2.74. The Morgan fingerprint density at radius 1 is 0.903 bits per heavy atom. The van der Waals surface area contributed by atoms with E-state index in [1.54, 1.807) is 44.5 Å². The Bertz CT molecular complexity index is 1240. The molecule has 0 radical (unpaired) electrons. The second-order valence-corrected chi connectivity index (χ2v) is 9.48. The van der Waals surface area contributed by atoms with Gasteiger partial charge >= 0.3 is 0 Å². The standard InChI is InChI=1S/C23H24N2O5S/c1-16-12-20(13-23(26)24(16)2)30-21-14-25(15-21)31(27,28)22-10-6-18(7-11-22)17-4-8-19(29-3)9-5-17/h4-13,21H,14-15H2,1-3H3. The number of methoxy groups -OCH3 is 1. The predicted octanol–water partition coefficient (Wildman–Crippen LogP) is 2.82. The maximum Gasteiger partial charge on any atom is 0.254 e. The molecule has 0 spiro atoms. The predicted molar refractivity (Wildman–Crippen MR) is 118 cm³/mol. The highest BCUT2D eigenvalue weighted by molar-refractivity contribution is 7.89. The fourth-order valence-corrected chi connectivity index (χ4v) is 4.92. The van der Waals surface area contributed by atoms with Gasteiger partial charge in [0, 0.05) is 18.8 Å². The molecule has 0 atom stereocenters. The van der Waals surface area contributed by atoms with Gasteiger partial charge < -0.3 is 14.0 Å². The van der Waals surface area contributed by atoms with E-state index in [1.807, 2.05) is 31.2 Å². The zero-order chi connectivity index (χ0) is 22.2. The van der Waals surface area contributed by atoms with Gasteiger partial charge in [0.15, 0.2) is 0 Å². The van der Waals surface area contributed by atoms with Gasteiger partial charge in [0.05, 0.1) is 25.1 Å². The minimum atomic E-state index is -3.59. The number of nitrogens with zero attached hydrogens (tertiary/aromatic N) is 2. The van der Waals surface area contributed by atoms with Crippen molar-refractivity contribution in [3.63, 3.8) is 0 Å². The van der Waals surface area contributed by atoms with Crippen molar-refractivity contribution in [2.45, 2.75) is 17.9 Å². The number of rotatable bonds is 6. The van der Waals surface area contributed by atoms with Gasteiger partial charge in [0.25, 0.3) is 5.56 Å². The summed E-state index contributed by atoms with van der Waals surface area (Å²) in [6, 6.07) is 17.6. The number of sulfonamides is 1. The number of hydrogen-bond donors (Lipinski definition) is 0. The fraction of sp³-hybridized carbons (Fsp3) is 0.261. The van der Waals surface area contributed by atoms with E-state index in [-0.39, 0.29) is 29.6 Å². The first kappa shape index (κ1) is 21.1. The van der Waals surface area contributed by atoms with Gasteiger partial charge in [0.1, 0.15) is 17.6 Å². The van der Waals surface area contributed by atoms with Crippen LogP contribution in [0.1, 0.15) is 5.69 Å². The van der Waals surface area contributed by atoms with Crippen LogP contribution in [-0.4, -0.2) is 43.6 Å². The molecule has 1 fully saturated rings. The molecule has 1 aliphatic rings. The third-order valence-corrected chi connectivity index (χ3v) is 7.36. The molecular weight excluding hydrogens is 416 g/mol. The van der Waals surface area contributed by atoms with E-state index in [9.17, 15) is 13.2 Å². The summed E-state index contributed by atoms with van der Waals surface area (Å²) in [5.41, 5.74) is 2.53. The molecule has 0 N–H and O–H groups in total. The molecule has 2 heterocycles. The maximum atomic E-state index is 12.9. The summed E-state index contributed by atoms with van der Waals surface area (Å²) in [7, 11) is -0.286. The number of pyridine rings is 1. The van der Waals surface area contributed by atoms with E-state index < -0.39 is 10.0 Å². The number of aryl methyl sites for hydroxylation is 1. The average molecular weight is 441 g/mol. The first-order chi connectivity index (χ1) is 14.8. The largest absolute Gasteiger partial charge is 0.497 e. The summed E-state index contributed by atoms with van der Waals surface area (Å²) in [5, 5.41) is 0. The molecule has 1 aliphatic heterocycles. The number of benzene rings is 2. The van der Waals surface area contributed by atoms with Crippen LogP contribution in [0.15, 0.2) is 70.4 Å². The van der Waals surface area contributed by atoms with Gasteiger partial charge in [-0.05, 0) is 48.4 Å². The summed E-state index contributed by atoms with van der Waals surface area (Å²) in [4.78, 5) is 12.1. The Morgan fingerprint density at radius 2 is 1.48 bits per heavy atom. The van der Waals surface area contributed by atoms with Gasteiger partial charge in [0.2, 0.25) is 10.0 Å². The minimum Gasteiger partial charge on any atom is -0.497 e. The lowest BCUT2D eigenvalue weighted by molar-refractivity contribution is 0.0759. The summed E-state index contributed by atoms with van der Waals surface area (Å²) >= 11 is 0. The zero-order valence-electron chi connectivity index (χ0n) is 17.6. The van der Waals surface area contributed by atoms with Crippen molar-refractivity contribution in [3.05, 3.63) is 76.7 Å². The van der Waals surface area contributed by atoms with Crippen LogP contribution in [0.4, 0.5) is 0 Å². The molecule has 8 heteroatoms. The van der Waals surface area contributed by atoms with Crippen LogP contribution >= 0.6 is 0 Å². The summed E-state index contributed by atoms with van der Waals surface area (Å²) in [6.45, 7) is 2.31. The molecule has 4 rings (SSSR count). The van der Waals surface area contributed by atoms with Gasteiger partial charge in [-0.3, -0.25) is 4.79 Å². The van der Waals surface area contributed by atoms with Gasteiger partial charge in [-0.25, -0.2) is 8.42 Å². The maximum absolute atomic E-state index is 12.9. The van der Waals surface area contributed by atoms with Gasteiger partial charge in [-0.15, -0.1) is 0 Å². The van der Waals surface area contributed by atoms with E-state index in [2.05, 4.69) is 0 Å². The van der Waals surface area contributed by atoms with E-state index in [1.165, 1.54) is 14.9 Å². The molecule has 0 saturated carbocycles. The molecule has 0 bridgehead atoms. The summed E-state index contributed by atoms with van der Waals surface area (Å²) in [5.74, 6) is 1.23. The first-order valence-electron chi connectivity index (χ1n) is 9.87. The normalized spacial score (nSPS) is 14.8. The third-order valence-electron chi connectivity index (χ3n) is 5.51. The molecule has 2 aromatic carbocycles. The lowest BCUT2D eigenvalue weighted by atomic mass is 10.1. The highest BCUT2D eigenvalue weighted by Crippen LogP contribution is 2.27. The molecule has 162 valence electrons. The van der Waals surface area contributed by atoms with Crippen molar-refractivity contribution in [3.8, 4) is 22.6 Å². The third kappa shape index (κ3) is 4.22. The van der Waals surface area contributed by atoms with Crippen LogP contribution in [0.2, 0.25) is 0 Å². The summed E-state index contributed by atoms with van der Waals surface area (Å²) in [6.07, 6.45) is -0.278. The Hall–Kier alpha value is -3.10. The number of hydrogen-bond acceptors (Lipinski definition) is 5. The Labute approximate surface area is 181 Å². The molecule has 3 aromatic rings. The minimum absolute atomic E-state index is 0.157. The van der Waals surface area contributed by atoms with Crippen LogP contribution in [-0.2, 0) is 17.1 Å². The molecule has 0 unspecified atom stereocenters. The second-order valence-electron chi connectivity index (χ2n) is 7.54. The Balaban J connectivity index is 1.42. The van der Waals surface area contributed by atoms with Crippen LogP contribution in [0.3, 0.4) is 0 Å². The highest BCUT2D eigenvalue weighted by atomic mass is 32.2. The molecule has 31 heavy (non-hydrogen) atoms. The van der Waals surface area contributed by atoms with Crippen molar-refractivity contribution in [1.29, 1.82) is 0 Å². The van der Waals surface area contributed by atoms with E-state index >= 15 is 0 Å². The molecule has 0 amide bonds. The Kier molecular flexibility index (Phi) is 5.60. The molecule has 0 aliphatic carbocycles. The van der Waals surface area contributed by atoms with E-state index in [0.717, 1.165) is 22.6 Å². The monoisotopic (exact) mass is 440 g/mol. The van der Waals surface area contributed by atoms with Crippen molar-refractivity contribution < 1.29 is 17.9 Å². The second kappa shape index (κ2) is 8.20. The quantitative estimate of drug-likeness (QED) is 0.589. The van der Waals surface area contributed by atoms with Gasteiger partial charge in [-0.2, -0.15) is 4.31 Å². The van der Waals surface area contributed by atoms with Crippen LogP contribution < -0.4 is 15.0 Å². The van der Waals surface area contributed by atoms with Crippen molar-refractivity contribution in [1.82, 2.24) is 8.87 Å². The number of aromatic nitrogens is 1. The van der Waals surface area contributed by atoms with Crippen molar-refractivity contribution in [2.24, 2.45) is 7.05 Å². The highest BCUT2D eigenvalue weighted by Gasteiger charge is 2.38. The Morgan fingerprint density at radius 3 is 2.03 bits per heavy atom. The fourth-order valence-electron chi connectivity index (χ4n) is 3.42. The van der Waals surface area contributed by atoms with Gasteiger partial charge in [-0.1, -0.05) is 24.3 Å². The number of ether oxygens (including phenoxy) is 2. The molecule has 1 aromatic heterocycles. The van der Waals surface area contributed by atoms with E-state index in [0.29, 0.717) is 5.75 Å². The van der Waals surface area contributed by atoms with Crippen LogP contribution in [0.5, 0.6) is 11.5 Å². The molecular formula is C23H24N2O5S. The SMILES string of the molecule is COc1ccc(-c2ccc(S(=O)(=O)N3CC(Oc4cc(C)n(C)c(=O)c4)C3)cc2)cc1. The lowest BCUT2D eigenvalue weighted by Gasteiger charge is -2.37. The first-order valence-corrected chi connectivity index (χ1v) is 11.3. The zero-order valence-corrected chi connectivity index (χ0v) is 18.4. The smallest absolute Gasteiger partial charge is 0.254 e. The lowest BCUT2D eigenvalue weighted by Crippen LogP contribution is -2.56. The van der Waals surface area contributed by atoms with Crippen molar-refractivity contribution in [2.75, 3.05) is 20.2 Å².